The number of nitro groups is 1. The van der Waals surface area contributed by atoms with E-state index in [2.05, 4.69) is 4.98 Å². The Morgan fingerprint density at radius 1 is 1.38 bits per heavy atom. The summed E-state index contributed by atoms with van der Waals surface area (Å²) >= 11 is 5.50. The van der Waals surface area contributed by atoms with Crippen LogP contribution in [0.3, 0.4) is 0 Å². The molecule has 8 heteroatoms. The minimum atomic E-state index is -1.22. The quantitative estimate of drug-likeness (QED) is 0.439. The lowest BCUT2D eigenvalue weighted by molar-refractivity contribution is -0.386. The lowest BCUT2D eigenvalue weighted by atomic mass is 10.0. The molecule has 2 atom stereocenters. The summed E-state index contributed by atoms with van der Waals surface area (Å²) in [6.07, 6.45) is -1.07. The van der Waals surface area contributed by atoms with Crippen molar-refractivity contribution in [3.63, 3.8) is 0 Å². The first kappa shape index (κ1) is 15.4. The van der Waals surface area contributed by atoms with Gasteiger partial charge in [-0.15, -0.1) is 11.6 Å². The molecule has 2 unspecified atom stereocenters. The number of aromatic amines is 1. The summed E-state index contributed by atoms with van der Waals surface area (Å²) in [6, 6.07) is 4.39. The minimum Gasteiger partial charge on any atom is -0.390 e. The van der Waals surface area contributed by atoms with Gasteiger partial charge in [-0.3, -0.25) is 14.9 Å². The van der Waals surface area contributed by atoms with Crippen LogP contribution in [0.2, 0.25) is 0 Å². The Labute approximate surface area is 123 Å². The van der Waals surface area contributed by atoms with E-state index in [4.69, 9.17) is 11.6 Å². The number of alkyl halides is 1. The second-order valence-corrected chi connectivity index (χ2v) is 4.93. The van der Waals surface area contributed by atoms with E-state index >= 15 is 0 Å². The number of benzene rings is 1. The van der Waals surface area contributed by atoms with Crippen LogP contribution >= 0.6 is 11.6 Å². The number of halogens is 1. The van der Waals surface area contributed by atoms with Gasteiger partial charge in [0.1, 0.15) is 6.10 Å². The molecule has 3 N–H and O–H groups in total. The number of aromatic nitrogens is 1. The fraction of sp³-hybridized carbons (Fsp3) is 0.308. The Kier molecular flexibility index (Phi) is 4.56. The standard InChI is InChI=1S/C13H13ClN2O5/c14-4-3-11(17)12(18)7-1-2-9-8(5-7)13(19)10(6-15-9)16(20)21/h1-2,5-6,11-12,17-18H,3-4H2,(H,15,19). The van der Waals surface area contributed by atoms with E-state index in [-0.39, 0.29) is 17.7 Å². The van der Waals surface area contributed by atoms with Gasteiger partial charge in [-0.1, -0.05) is 6.07 Å². The SMILES string of the molecule is O=c1c([N+](=O)[O-])c[nH]c2ccc(C(O)C(O)CCCl)cc12. The number of aliphatic hydroxyl groups is 2. The molecular weight excluding hydrogens is 300 g/mol. The summed E-state index contributed by atoms with van der Waals surface area (Å²) < 4.78 is 0. The predicted molar refractivity (Wildman–Crippen MR) is 77.5 cm³/mol. The molecule has 1 aromatic carbocycles. The molecule has 0 amide bonds. The van der Waals surface area contributed by atoms with Crippen molar-refractivity contribution in [1.29, 1.82) is 0 Å². The van der Waals surface area contributed by atoms with E-state index < -0.39 is 28.2 Å². The third kappa shape index (κ3) is 3.05. The fourth-order valence-corrected chi connectivity index (χ4v) is 2.26. The number of hydrogen-bond donors (Lipinski definition) is 3. The molecule has 0 aliphatic rings. The van der Waals surface area contributed by atoms with Crippen LogP contribution in [0.1, 0.15) is 18.1 Å². The molecule has 7 nitrogen and oxygen atoms in total. The molecule has 0 fully saturated rings. The van der Waals surface area contributed by atoms with E-state index in [1.807, 2.05) is 0 Å². The first-order valence-electron chi connectivity index (χ1n) is 6.17. The molecule has 0 saturated heterocycles. The number of aliphatic hydroxyl groups excluding tert-OH is 2. The van der Waals surface area contributed by atoms with E-state index in [0.717, 1.165) is 6.20 Å². The van der Waals surface area contributed by atoms with E-state index in [9.17, 15) is 25.1 Å². The van der Waals surface area contributed by atoms with Gasteiger partial charge < -0.3 is 15.2 Å². The largest absolute Gasteiger partial charge is 0.390 e. The summed E-state index contributed by atoms with van der Waals surface area (Å²) in [4.78, 5) is 24.7. The third-order valence-corrected chi connectivity index (χ3v) is 3.41. The predicted octanol–water partition coefficient (Wildman–Crippen LogP) is 1.46. The summed E-state index contributed by atoms with van der Waals surface area (Å²) in [5, 5.41) is 30.6. The maximum Gasteiger partial charge on any atom is 0.332 e. The molecule has 0 saturated carbocycles. The number of rotatable bonds is 5. The molecule has 112 valence electrons. The number of nitrogens with one attached hydrogen (secondary N) is 1. The van der Waals surface area contributed by atoms with Crippen LogP contribution in [0.15, 0.2) is 29.2 Å². The Balaban J connectivity index is 2.52. The molecule has 0 spiro atoms. The van der Waals surface area contributed by atoms with Gasteiger partial charge in [0, 0.05) is 11.4 Å². The van der Waals surface area contributed by atoms with Crippen molar-refractivity contribution in [3.8, 4) is 0 Å². The molecule has 0 radical (unpaired) electrons. The Morgan fingerprint density at radius 2 is 2.10 bits per heavy atom. The molecule has 0 aliphatic carbocycles. The lowest BCUT2D eigenvalue weighted by Crippen LogP contribution is -2.19. The second kappa shape index (κ2) is 6.21. The highest BCUT2D eigenvalue weighted by atomic mass is 35.5. The van der Waals surface area contributed by atoms with Crippen LogP contribution in [0.25, 0.3) is 10.9 Å². The zero-order valence-corrected chi connectivity index (χ0v) is 11.6. The fourth-order valence-electron chi connectivity index (χ4n) is 2.04. The van der Waals surface area contributed by atoms with E-state index in [0.29, 0.717) is 11.1 Å². The van der Waals surface area contributed by atoms with Crippen molar-refractivity contribution in [3.05, 3.63) is 50.3 Å². The monoisotopic (exact) mass is 312 g/mol. The number of pyridine rings is 1. The molecular formula is C13H13ClN2O5. The Morgan fingerprint density at radius 3 is 2.71 bits per heavy atom. The van der Waals surface area contributed by atoms with Gasteiger partial charge in [-0.2, -0.15) is 0 Å². The van der Waals surface area contributed by atoms with Crippen molar-refractivity contribution in [2.75, 3.05) is 5.88 Å². The summed E-state index contributed by atoms with van der Waals surface area (Å²) in [5.41, 5.74) is -0.607. The molecule has 0 aliphatic heterocycles. The molecule has 21 heavy (non-hydrogen) atoms. The first-order chi connectivity index (χ1) is 9.95. The van der Waals surface area contributed by atoms with Crippen LogP contribution < -0.4 is 5.43 Å². The van der Waals surface area contributed by atoms with Crippen molar-refractivity contribution >= 4 is 28.2 Å². The first-order valence-corrected chi connectivity index (χ1v) is 6.71. The van der Waals surface area contributed by atoms with Crippen LogP contribution in [-0.2, 0) is 0 Å². The molecule has 1 aromatic heterocycles. The number of fused-ring (bicyclic) bond motifs is 1. The number of hydrogen-bond acceptors (Lipinski definition) is 5. The third-order valence-electron chi connectivity index (χ3n) is 3.19. The zero-order valence-electron chi connectivity index (χ0n) is 10.8. The minimum absolute atomic E-state index is 0.0822. The van der Waals surface area contributed by atoms with Gasteiger partial charge in [0.25, 0.3) is 5.43 Å². The number of nitrogens with zero attached hydrogens (tertiary/aromatic N) is 1. The van der Waals surface area contributed by atoms with Crippen LogP contribution in [-0.4, -0.2) is 32.1 Å². The maximum absolute atomic E-state index is 12.0. The highest BCUT2D eigenvalue weighted by Gasteiger charge is 2.20. The lowest BCUT2D eigenvalue weighted by Gasteiger charge is -2.17. The van der Waals surface area contributed by atoms with E-state index in [1.165, 1.54) is 18.2 Å². The average molecular weight is 313 g/mol. The van der Waals surface area contributed by atoms with Gasteiger partial charge in [-0.05, 0) is 24.1 Å². The van der Waals surface area contributed by atoms with Crippen LogP contribution in [0, 0.1) is 10.1 Å². The van der Waals surface area contributed by atoms with Crippen molar-refractivity contribution < 1.29 is 15.1 Å². The summed E-state index contributed by atoms with van der Waals surface area (Å²) in [6.45, 7) is 0. The molecule has 0 bridgehead atoms. The maximum atomic E-state index is 12.0. The van der Waals surface area contributed by atoms with Gasteiger partial charge in [-0.25, -0.2) is 0 Å². The van der Waals surface area contributed by atoms with E-state index in [1.54, 1.807) is 0 Å². The van der Waals surface area contributed by atoms with Crippen LogP contribution in [0.4, 0.5) is 5.69 Å². The highest BCUT2D eigenvalue weighted by Crippen LogP contribution is 2.22. The Bertz CT molecular complexity index is 730. The van der Waals surface area contributed by atoms with Crippen LogP contribution in [0.5, 0.6) is 0 Å². The molecule has 1 heterocycles. The molecule has 2 aromatic rings. The molecule has 2 rings (SSSR count). The second-order valence-electron chi connectivity index (χ2n) is 4.56. The topological polar surface area (TPSA) is 116 Å². The zero-order chi connectivity index (χ0) is 15.6. The smallest absolute Gasteiger partial charge is 0.332 e. The Hall–Kier alpha value is -1.96. The summed E-state index contributed by atoms with van der Waals surface area (Å²) in [7, 11) is 0. The van der Waals surface area contributed by atoms with Gasteiger partial charge in [0.2, 0.25) is 0 Å². The van der Waals surface area contributed by atoms with Gasteiger partial charge >= 0.3 is 5.69 Å². The van der Waals surface area contributed by atoms with Crippen molar-refractivity contribution in [1.82, 2.24) is 4.98 Å². The van der Waals surface area contributed by atoms with Gasteiger partial charge in [0.05, 0.1) is 22.6 Å². The van der Waals surface area contributed by atoms with Crippen molar-refractivity contribution in [2.24, 2.45) is 0 Å². The van der Waals surface area contributed by atoms with Gasteiger partial charge in [0.15, 0.2) is 0 Å². The summed E-state index contributed by atoms with van der Waals surface area (Å²) in [5.74, 6) is 0.178. The average Bonchev–Trinajstić information content (AvgIpc) is 2.46. The number of H-pyrrole nitrogens is 1. The van der Waals surface area contributed by atoms with Crippen molar-refractivity contribution in [2.45, 2.75) is 18.6 Å². The highest BCUT2D eigenvalue weighted by molar-refractivity contribution is 6.17. The normalized spacial score (nSPS) is 14.0.